The van der Waals surface area contributed by atoms with Gasteiger partial charge < -0.3 is 10.4 Å². The summed E-state index contributed by atoms with van der Waals surface area (Å²) in [6.07, 6.45) is 6.18. The SMILES string of the molecule is Oc1ccccc1-c1ccccc1CCC1CCCCN1. The number of phenols is 1. The first-order chi connectivity index (χ1) is 10.3. The average molecular weight is 281 g/mol. The second kappa shape index (κ2) is 6.77. The van der Waals surface area contributed by atoms with Crippen molar-refractivity contribution in [2.24, 2.45) is 0 Å². The Morgan fingerprint density at radius 3 is 2.48 bits per heavy atom. The van der Waals surface area contributed by atoms with Crippen LogP contribution in [0.25, 0.3) is 11.1 Å². The van der Waals surface area contributed by atoms with Crippen molar-refractivity contribution in [1.82, 2.24) is 5.32 Å². The zero-order valence-corrected chi connectivity index (χ0v) is 12.4. The van der Waals surface area contributed by atoms with Crippen LogP contribution in [-0.4, -0.2) is 17.7 Å². The molecule has 0 saturated carbocycles. The summed E-state index contributed by atoms with van der Waals surface area (Å²) in [5.74, 6) is 0.362. The Morgan fingerprint density at radius 1 is 0.952 bits per heavy atom. The van der Waals surface area contributed by atoms with Crippen molar-refractivity contribution >= 4 is 0 Å². The quantitative estimate of drug-likeness (QED) is 0.883. The first kappa shape index (κ1) is 14.2. The average Bonchev–Trinajstić information content (AvgIpc) is 2.55. The molecule has 0 aliphatic carbocycles. The van der Waals surface area contributed by atoms with Crippen molar-refractivity contribution in [3.8, 4) is 16.9 Å². The van der Waals surface area contributed by atoms with Crippen molar-refractivity contribution in [3.05, 3.63) is 54.1 Å². The van der Waals surface area contributed by atoms with E-state index < -0.39 is 0 Å². The van der Waals surface area contributed by atoms with Crippen LogP contribution in [0.5, 0.6) is 5.75 Å². The van der Waals surface area contributed by atoms with E-state index in [0.29, 0.717) is 11.8 Å². The van der Waals surface area contributed by atoms with Crippen molar-refractivity contribution in [3.63, 3.8) is 0 Å². The summed E-state index contributed by atoms with van der Waals surface area (Å²) in [4.78, 5) is 0. The van der Waals surface area contributed by atoms with Crippen molar-refractivity contribution in [2.45, 2.75) is 38.1 Å². The predicted molar refractivity (Wildman–Crippen MR) is 87.5 cm³/mol. The highest BCUT2D eigenvalue weighted by molar-refractivity contribution is 5.72. The summed E-state index contributed by atoms with van der Waals surface area (Å²) in [6, 6.07) is 16.7. The van der Waals surface area contributed by atoms with E-state index in [1.807, 2.05) is 24.3 Å². The zero-order chi connectivity index (χ0) is 14.5. The highest BCUT2D eigenvalue weighted by atomic mass is 16.3. The summed E-state index contributed by atoms with van der Waals surface area (Å²) >= 11 is 0. The fourth-order valence-corrected chi connectivity index (χ4v) is 3.20. The van der Waals surface area contributed by atoms with Crippen LogP contribution in [-0.2, 0) is 6.42 Å². The number of benzene rings is 2. The van der Waals surface area contributed by atoms with Crippen molar-refractivity contribution in [2.75, 3.05) is 6.54 Å². The number of aryl methyl sites for hydroxylation is 1. The van der Waals surface area contributed by atoms with Gasteiger partial charge in [0, 0.05) is 11.6 Å². The molecule has 0 bridgehead atoms. The third kappa shape index (κ3) is 3.45. The molecule has 110 valence electrons. The summed E-state index contributed by atoms with van der Waals surface area (Å²) < 4.78 is 0. The van der Waals surface area contributed by atoms with E-state index in [9.17, 15) is 5.11 Å². The predicted octanol–water partition coefficient (Wildman–Crippen LogP) is 4.13. The van der Waals surface area contributed by atoms with E-state index in [0.717, 1.165) is 24.1 Å². The van der Waals surface area contributed by atoms with Gasteiger partial charge >= 0.3 is 0 Å². The molecular formula is C19H23NO. The van der Waals surface area contributed by atoms with Crippen LogP contribution < -0.4 is 5.32 Å². The molecule has 1 aliphatic rings. The lowest BCUT2D eigenvalue weighted by molar-refractivity contribution is 0.383. The number of phenolic OH excluding ortho intramolecular Hbond substituents is 1. The highest BCUT2D eigenvalue weighted by Crippen LogP contribution is 2.32. The van der Waals surface area contributed by atoms with Crippen molar-refractivity contribution < 1.29 is 5.11 Å². The van der Waals surface area contributed by atoms with E-state index in [1.54, 1.807) is 6.07 Å². The molecule has 21 heavy (non-hydrogen) atoms. The maximum atomic E-state index is 10.1. The first-order valence-corrected chi connectivity index (χ1v) is 7.94. The topological polar surface area (TPSA) is 32.3 Å². The largest absolute Gasteiger partial charge is 0.507 e. The summed E-state index contributed by atoms with van der Waals surface area (Å²) in [6.45, 7) is 1.16. The molecule has 2 N–H and O–H groups in total. The van der Waals surface area contributed by atoms with Crippen LogP contribution in [0.3, 0.4) is 0 Å². The molecule has 0 amide bonds. The van der Waals surface area contributed by atoms with Crippen LogP contribution in [0.2, 0.25) is 0 Å². The van der Waals surface area contributed by atoms with Gasteiger partial charge in [0.2, 0.25) is 0 Å². The van der Waals surface area contributed by atoms with E-state index in [1.165, 1.54) is 31.2 Å². The van der Waals surface area contributed by atoms with Gasteiger partial charge in [-0.15, -0.1) is 0 Å². The number of para-hydroxylation sites is 1. The molecule has 0 aromatic heterocycles. The van der Waals surface area contributed by atoms with Gasteiger partial charge in [-0.05, 0) is 49.4 Å². The number of aromatic hydroxyl groups is 1. The molecular weight excluding hydrogens is 258 g/mol. The summed E-state index contributed by atoms with van der Waals surface area (Å²) in [5.41, 5.74) is 3.42. The van der Waals surface area contributed by atoms with E-state index >= 15 is 0 Å². The van der Waals surface area contributed by atoms with E-state index in [2.05, 4.69) is 23.5 Å². The molecule has 2 heteroatoms. The maximum Gasteiger partial charge on any atom is 0.123 e. The second-order valence-corrected chi connectivity index (χ2v) is 5.86. The second-order valence-electron chi connectivity index (χ2n) is 5.86. The lowest BCUT2D eigenvalue weighted by Gasteiger charge is -2.23. The minimum atomic E-state index is 0.362. The minimum Gasteiger partial charge on any atom is -0.507 e. The Morgan fingerprint density at radius 2 is 1.71 bits per heavy atom. The summed E-state index contributed by atoms with van der Waals surface area (Å²) in [7, 11) is 0. The smallest absolute Gasteiger partial charge is 0.123 e. The van der Waals surface area contributed by atoms with Gasteiger partial charge in [0.1, 0.15) is 5.75 Å². The van der Waals surface area contributed by atoms with E-state index in [-0.39, 0.29) is 0 Å². The third-order valence-electron chi connectivity index (χ3n) is 4.39. The maximum absolute atomic E-state index is 10.1. The van der Waals surface area contributed by atoms with E-state index in [4.69, 9.17) is 0 Å². The zero-order valence-electron chi connectivity index (χ0n) is 12.4. The molecule has 2 aromatic carbocycles. The van der Waals surface area contributed by atoms with Gasteiger partial charge in [0.15, 0.2) is 0 Å². The van der Waals surface area contributed by atoms with Gasteiger partial charge in [-0.3, -0.25) is 0 Å². The lowest BCUT2D eigenvalue weighted by atomic mass is 9.93. The molecule has 1 saturated heterocycles. The standard InChI is InChI=1S/C19H23NO/c21-19-11-4-3-10-18(19)17-9-2-1-7-15(17)12-13-16-8-5-6-14-20-16/h1-4,7,9-11,16,20-21H,5-6,8,12-14H2. The monoisotopic (exact) mass is 281 g/mol. The third-order valence-corrected chi connectivity index (χ3v) is 4.39. The number of piperidine rings is 1. The molecule has 1 fully saturated rings. The molecule has 1 aliphatic heterocycles. The minimum absolute atomic E-state index is 0.362. The Labute approximate surface area is 126 Å². The molecule has 1 atom stereocenters. The van der Waals surface area contributed by atoms with Gasteiger partial charge in [-0.1, -0.05) is 48.9 Å². The first-order valence-electron chi connectivity index (χ1n) is 7.94. The van der Waals surface area contributed by atoms with Crippen LogP contribution in [0.1, 0.15) is 31.2 Å². The fourth-order valence-electron chi connectivity index (χ4n) is 3.20. The van der Waals surface area contributed by atoms with Gasteiger partial charge in [0.05, 0.1) is 0 Å². The summed E-state index contributed by atoms with van der Waals surface area (Å²) in [5, 5.41) is 13.7. The van der Waals surface area contributed by atoms with Crippen LogP contribution in [0.15, 0.2) is 48.5 Å². The van der Waals surface area contributed by atoms with Gasteiger partial charge in [-0.25, -0.2) is 0 Å². The number of hydrogen-bond donors (Lipinski definition) is 2. The Balaban J connectivity index is 1.78. The van der Waals surface area contributed by atoms with Gasteiger partial charge in [-0.2, -0.15) is 0 Å². The molecule has 2 nitrogen and oxygen atoms in total. The highest BCUT2D eigenvalue weighted by Gasteiger charge is 2.14. The van der Waals surface area contributed by atoms with Gasteiger partial charge in [0.25, 0.3) is 0 Å². The number of hydrogen-bond acceptors (Lipinski definition) is 2. The van der Waals surface area contributed by atoms with Crippen molar-refractivity contribution in [1.29, 1.82) is 0 Å². The molecule has 1 unspecified atom stereocenters. The molecule has 2 aromatic rings. The Kier molecular flexibility index (Phi) is 4.56. The normalized spacial score (nSPS) is 18.6. The van der Waals surface area contributed by atoms with Crippen LogP contribution >= 0.6 is 0 Å². The Bertz CT molecular complexity index is 588. The number of nitrogens with one attached hydrogen (secondary N) is 1. The molecule has 0 radical (unpaired) electrons. The molecule has 3 rings (SSSR count). The Hall–Kier alpha value is -1.80. The number of rotatable bonds is 4. The van der Waals surface area contributed by atoms with Crippen LogP contribution in [0, 0.1) is 0 Å². The molecule has 0 spiro atoms. The molecule has 1 heterocycles. The lowest BCUT2D eigenvalue weighted by Crippen LogP contribution is -2.34. The van der Waals surface area contributed by atoms with Crippen LogP contribution in [0.4, 0.5) is 0 Å². The fraction of sp³-hybridized carbons (Fsp3) is 0.368.